The molecule has 3 atom stereocenters. The molecule has 1 aliphatic rings. The van der Waals surface area contributed by atoms with Gasteiger partial charge in [0, 0.05) is 12.6 Å². The third-order valence-electron chi connectivity index (χ3n) is 7.68. The zero-order valence-corrected chi connectivity index (χ0v) is 23.7. The zero-order valence-electron chi connectivity index (χ0n) is 22.7. The van der Waals surface area contributed by atoms with Crippen molar-refractivity contribution in [3.8, 4) is 0 Å². The molecular formula is C32H42N2O2Si. The normalized spacial score (nSPS) is 20.1. The van der Waals surface area contributed by atoms with Crippen molar-refractivity contribution in [1.29, 1.82) is 0 Å². The molecule has 4 nitrogen and oxygen atoms in total. The van der Waals surface area contributed by atoms with Crippen LogP contribution < -0.4 is 21.0 Å². The number of unbranched alkanes of at least 4 members (excludes halogenated alkanes) is 1. The van der Waals surface area contributed by atoms with Crippen LogP contribution in [0.1, 0.15) is 52.5 Å². The summed E-state index contributed by atoms with van der Waals surface area (Å²) in [5, 5.41) is 9.48. The van der Waals surface area contributed by atoms with Crippen molar-refractivity contribution in [3.05, 3.63) is 96.6 Å². The second kappa shape index (κ2) is 12.2. The van der Waals surface area contributed by atoms with Gasteiger partial charge in [0.1, 0.15) is 0 Å². The summed E-state index contributed by atoms with van der Waals surface area (Å²) in [6.07, 6.45) is 3.02. The van der Waals surface area contributed by atoms with Crippen LogP contribution >= 0.6 is 0 Å². The summed E-state index contributed by atoms with van der Waals surface area (Å²) in [5.41, 5.74) is 1.22. The number of amides is 1. The highest BCUT2D eigenvalue weighted by molar-refractivity contribution is 6.99. The van der Waals surface area contributed by atoms with E-state index >= 15 is 0 Å². The van der Waals surface area contributed by atoms with Crippen molar-refractivity contribution in [2.24, 2.45) is 5.92 Å². The lowest BCUT2D eigenvalue weighted by molar-refractivity contribution is -0.123. The van der Waals surface area contributed by atoms with Crippen molar-refractivity contribution in [2.75, 3.05) is 6.61 Å². The van der Waals surface area contributed by atoms with Crippen LogP contribution in [-0.4, -0.2) is 32.9 Å². The fourth-order valence-corrected chi connectivity index (χ4v) is 10.4. The standard InChI is InChI=1S/C32H42N2O2Si/c1-5-6-22-28-30(33-23-25-16-10-7-11-17-25)29(34-31(28)35)24-36-37(32(2,3)4,26-18-12-8-13-19-26)27-20-14-9-15-21-27/h7-21,28-30,33H,5-6,22-24H2,1-4H3,(H,34,35)/t28-,29-,30-/m0/s1. The van der Waals surface area contributed by atoms with Crippen LogP contribution in [0.2, 0.25) is 5.04 Å². The van der Waals surface area contributed by atoms with Gasteiger partial charge in [-0.25, -0.2) is 0 Å². The number of carbonyl (C=O) groups is 1. The maximum atomic E-state index is 13.2. The molecular weight excluding hydrogens is 472 g/mol. The van der Waals surface area contributed by atoms with Gasteiger partial charge in [0.05, 0.1) is 18.6 Å². The molecule has 0 spiro atoms. The Labute approximate surface area is 224 Å². The molecule has 0 aliphatic carbocycles. The van der Waals surface area contributed by atoms with Gasteiger partial charge >= 0.3 is 0 Å². The first kappa shape index (κ1) is 27.3. The molecule has 4 rings (SSSR count). The first-order valence-corrected chi connectivity index (χ1v) is 15.6. The number of hydrogen-bond donors (Lipinski definition) is 2. The fraction of sp³-hybridized carbons (Fsp3) is 0.406. The minimum atomic E-state index is -2.68. The summed E-state index contributed by atoms with van der Waals surface area (Å²) < 4.78 is 7.22. The molecule has 1 amide bonds. The number of nitrogens with one attached hydrogen (secondary N) is 2. The molecule has 1 heterocycles. The van der Waals surface area contributed by atoms with Gasteiger partial charge in [0.25, 0.3) is 8.32 Å². The predicted octanol–water partition coefficient (Wildman–Crippen LogP) is 5.03. The van der Waals surface area contributed by atoms with E-state index in [-0.39, 0.29) is 28.9 Å². The molecule has 3 aromatic carbocycles. The Morgan fingerprint density at radius 3 is 1.92 bits per heavy atom. The van der Waals surface area contributed by atoms with Gasteiger partial charge in [-0.05, 0) is 27.4 Å². The molecule has 0 saturated carbocycles. The van der Waals surface area contributed by atoms with Gasteiger partial charge in [0.2, 0.25) is 5.91 Å². The van der Waals surface area contributed by atoms with Crippen LogP contribution in [0.3, 0.4) is 0 Å². The van der Waals surface area contributed by atoms with Crippen molar-refractivity contribution >= 4 is 24.6 Å². The average molecular weight is 515 g/mol. The van der Waals surface area contributed by atoms with Gasteiger partial charge in [-0.1, -0.05) is 132 Å². The van der Waals surface area contributed by atoms with Gasteiger partial charge in [0.15, 0.2) is 0 Å². The third kappa shape index (κ3) is 6.06. The van der Waals surface area contributed by atoms with E-state index < -0.39 is 8.32 Å². The van der Waals surface area contributed by atoms with Crippen LogP contribution in [0.5, 0.6) is 0 Å². The van der Waals surface area contributed by atoms with E-state index in [0.717, 1.165) is 25.8 Å². The Morgan fingerprint density at radius 2 is 1.41 bits per heavy atom. The largest absolute Gasteiger partial charge is 0.405 e. The van der Waals surface area contributed by atoms with Crippen LogP contribution in [0.4, 0.5) is 0 Å². The lowest BCUT2D eigenvalue weighted by atomic mass is 9.93. The molecule has 1 saturated heterocycles. The van der Waals surface area contributed by atoms with Crippen LogP contribution in [0.15, 0.2) is 91.0 Å². The van der Waals surface area contributed by atoms with Crippen LogP contribution in [0.25, 0.3) is 0 Å². The number of carbonyl (C=O) groups excluding carboxylic acids is 1. The number of rotatable bonds is 11. The summed E-state index contributed by atoms with van der Waals surface area (Å²) in [5.74, 6) is 0.103. The average Bonchev–Trinajstić information content (AvgIpc) is 3.21. The molecule has 0 radical (unpaired) electrons. The Balaban J connectivity index is 1.65. The number of hydrogen-bond acceptors (Lipinski definition) is 3. The highest BCUT2D eigenvalue weighted by Gasteiger charge is 2.51. The predicted molar refractivity (Wildman–Crippen MR) is 156 cm³/mol. The first-order valence-electron chi connectivity index (χ1n) is 13.7. The van der Waals surface area contributed by atoms with E-state index in [1.165, 1.54) is 15.9 Å². The lowest BCUT2D eigenvalue weighted by Gasteiger charge is -2.44. The Kier molecular flexibility index (Phi) is 9.01. The molecule has 3 aromatic rings. The topological polar surface area (TPSA) is 50.4 Å². The van der Waals surface area contributed by atoms with Crippen molar-refractivity contribution in [1.82, 2.24) is 10.6 Å². The minimum absolute atomic E-state index is 0.0254. The van der Waals surface area contributed by atoms with E-state index in [9.17, 15) is 4.79 Å². The Morgan fingerprint density at radius 1 is 0.865 bits per heavy atom. The fourth-order valence-electron chi connectivity index (χ4n) is 5.80. The van der Waals surface area contributed by atoms with Gasteiger partial charge in [-0.2, -0.15) is 0 Å². The minimum Gasteiger partial charge on any atom is -0.405 e. The second-order valence-electron chi connectivity index (χ2n) is 11.2. The molecule has 1 fully saturated rings. The van der Waals surface area contributed by atoms with Crippen LogP contribution in [0, 0.1) is 5.92 Å². The summed E-state index contributed by atoms with van der Waals surface area (Å²) in [4.78, 5) is 13.2. The summed E-state index contributed by atoms with van der Waals surface area (Å²) in [6.45, 7) is 10.3. The molecule has 0 aromatic heterocycles. The van der Waals surface area contributed by atoms with Crippen molar-refractivity contribution < 1.29 is 9.22 Å². The lowest BCUT2D eigenvalue weighted by Crippen LogP contribution is -2.67. The highest BCUT2D eigenvalue weighted by atomic mass is 28.4. The maximum Gasteiger partial charge on any atom is 0.261 e. The summed E-state index contributed by atoms with van der Waals surface area (Å²) in [6, 6.07) is 31.8. The molecule has 1 aliphatic heterocycles. The monoisotopic (exact) mass is 514 g/mol. The second-order valence-corrected chi connectivity index (χ2v) is 15.5. The first-order chi connectivity index (χ1) is 17.9. The highest BCUT2D eigenvalue weighted by Crippen LogP contribution is 2.37. The van der Waals surface area contributed by atoms with E-state index in [1.54, 1.807) is 0 Å². The van der Waals surface area contributed by atoms with Crippen molar-refractivity contribution in [2.45, 2.75) is 70.6 Å². The third-order valence-corrected chi connectivity index (χ3v) is 12.7. The summed E-state index contributed by atoms with van der Waals surface area (Å²) in [7, 11) is -2.68. The molecule has 37 heavy (non-hydrogen) atoms. The van der Waals surface area contributed by atoms with E-state index in [4.69, 9.17) is 4.43 Å². The SMILES string of the molecule is CCCC[C@@H]1C(=O)N[C@@H](CO[Si](c2ccccc2)(c2ccccc2)C(C)(C)C)[C@H]1NCc1ccccc1. The van der Waals surface area contributed by atoms with Gasteiger partial charge < -0.3 is 15.1 Å². The van der Waals surface area contributed by atoms with E-state index in [0.29, 0.717) is 6.61 Å². The Hall–Kier alpha value is -2.73. The molecule has 2 N–H and O–H groups in total. The quantitative estimate of drug-likeness (QED) is 0.353. The van der Waals surface area contributed by atoms with Gasteiger partial charge in [-0.15, -0.1) is 0 Å². The molecule has 5 heteroatoms. The van der Waals surface area contributed by atoms with Gasteiger partial charge in [-0.3, -0.25) is 4.79 Å². The molecule has 0 unspecified atom stereocenters. The Bertz CT molecular complexity index is 1080. The zero-order chi connectivity index (χ0) is 26.3. The maximum absolute atomic E-state index is 13.2. The summed E-state index contributed by atoms with van der Waals surface area (Å²) >= 11 is 0. The van der Waals surface area contributed by atoms with E-state index in [2.05, 4.69) is 123 Å². The smallest absolute Gasteiger partial charge is 0.261 e. The molecule has 196 valence electrons. The van der Waals surface area contributed by atoms with Crippen molar-refractivity contribution in [3.63, 3.8) is 0 Å². The molecule has 0 bridgehead atoms. The van der Waals surface area contributed by atoms with E-state index in [1.807, 2.05) is 6.07 Å². The van der Waals surface area contributed by atoms with Crippen LogP contribution in [-0.2, 0) is 15.8 Å². The number of benzene rings is 3.